The van der Waals surface area contributed by atoms with Gasteiger partial charge in [-0.15, -0.1) is 0 Å². The van der Waals surface area contributed by atoms with E-state index < -0.39 is 0 Å². The Morgan fingerprint density at radius 1 is 1.29 bits per heavy atom. The van der Waals surface area contributed by atoms with Crippen LogP contribution in [0.2, 0.25) is 5.02 Å². The van der Waals surface area contributed by atoms with Crippen molar-refractivity contribution in [1.82, 2.24) is 24.6 Å². The fourth-order valence-electron chi connectivity index (χ4n) is 2.84. The lowest BCUT2D eigenvalue weighted by Gasteiger charge is -2.10. The van der Waals surface area contributed by atoms with Gasteiger partial charge in [-0.25, -0.2) is 4.98 Å². The van der Waals surface area contributed by atoms with Crippen LogP contribution >= 0.6 is 11.6 Å². The van der Waals surface area contributed by atoms with E-state index in [0.29, 0.717) is 29.8 Å². The molecule has 0 fully saturated rings. The summed E-state index contributed by atoms with van der Waals surface area (Å²) in [6.45, 7) is 5.72. The number of ketones is 1. The zero-order valence-electron chi connectivity index (χ0n) is 17.7. The van der Waals surface area contributed by atoms with Crippen molar-refractivity contribution in [3.05, 3.63) is 71.7 Å². The molecule has 0 saturated carbocycles. The summed E-state index contributed by atoms with van der Waals surface area (Å²) in [5, 5.41) is 11.1. The number of benzene rings is 1. The van der Waals surface area contributed by atoms with Crippen LogP contribution in [0.15, 0.2) is 55.5 Å². The number of hydrogen-bond donors (Lipinski definition) is 2. The first-order valence-corrected chi connectivity index (χ1v) is 10.2. The van der Waals surface area contributed by atoms with E-state index in [9.17, 15) is 4.79 Å². The molecule has 31 heavy (non-hydrogen) atoms. The maximum atomic E-state index is 11.6. The average molecular weight is 440 g/mol. The van der Waals surface area contributed by atoms with Crippen LogP contribution in [0.3, 0.4) is 0 Å². The summed E-state index contributed by atoms with van der Waals surface area (Å²) in [7, 11) is 4.05. The standard InChI is InChI=1S/C22H26ClN7O/c1-4-19(31)11-16-6-5-7-17(10-16)12-24-21-20(23)14-25-22(28-21)27-18-13-26-30(15-18)9-8-29(2)3/h4-7,10,13-15H,1,8-9,11-12H2,2-3H3,(H2,24,25,27,28). The number of carbonyl (C=O) groups is 1. The molecule has 0 amide bonds. The van der Waals surface area contributed by atoms with E-state index in [1.165, 1.54) is 6.08 Å². The third kappa shape index (κ3) is 6.91. The Morgan fingerprint density at radius 2 is 2.10 bits per heavy atom. The van der Waals surface area contributed by atoms with E-state index in [0.717, 1.165) is 29.9 Å². The van der Waals surface area contributed by atoms with Crippen LogP contribution in [0.1, 0.15) is 11.1 Å². The molecule has 0 radical (unpaired) electrons. The van der Waals surface area contributed by atoms with Crippen molar-refractivity contribution in [1.29, 1.82) is 0 Å². The summed E-state index contributed by atoms with van der Waals surface area (Å²) in [4.78, 5) is 22.4. The van der Waals surface area contributed by atoms with Gasteiger partial charge in [0.1, 0.15) is 5.02 Å². The van der Waals surface area contributed by atoms with Gasteiger partial charge in [0.15, 0.2) is 11.6 Å². The molecule has 0 saturated heterocycles. The molecule has 1 aromatic carbocycles. The minimum atomic E-state index is -0.00953. The van der Waals surface area contributed by atoms with Crippen molar-refractivity contribution in [2.75, 3.05) is 31.3 Å². The summed E-state index contributed by atoms with van der Waals surface area (Å²) >= 11 is 6.27. The van der Waals surface area contributed by atoms with Gasteiger partial charge >= 0.3 is 0 Å². The summed E-state index contributed by atoms with van der Waals surface area (Å²) in [5.41, 5.74) is 2.75. The van der Waals surface area contributed by atoms with Gasteiger partial charge in [-0.2, -0.15) is 10.1 Å². The van der Waals surface area contributed by atoms with E-state index in [-0.39, 0.29) is 5.78 Å². The zero-order chi connectivity index (χ0) is 22.2. The second-order valence-corrected chi connectivity index (χ2v) is 7.74. The average Bonchev–Trinajstić information content (AvgIpc) is 3.20. The molecule has 0 aliphatic heterocycles. The van der Waals surface area contributed by atoms with Gasteiger partial charge in [-0.3, -0.25) is 9.48 Å². The molecule has 2 heterocycles. The normalized spacial score (nSPS) is 10.8. The zero-order valence-corrected chi connectivity index (χ0v) is 18.4. The topological polar surface area (TPSA) is 88.0 Å². The molecule has 0 aliphatic carbocycles. The number of rotatable bonds is 11. The molecule has 0 aliphatic rings. The molecule has 162 valence electrons. The Kier molecular flexibility index (Phi) is 7.75. The Labute approximate surface area is 187 Å². The monoisotopic (exact) mass is 439 g/mol. The number of halogens is 1. The van der Waals surface area contributed by atoms with E-state index in [4.69, 9.17) is 11.6 Å². The van der Waals surface area contributed by atoms with Crippen LogP contribution in [0.25, 0.3) is 0 Å². The number of nitrogens with one attached hydrogen (secondary N) is 2. The molecule has 3 rings (SSSR count). The highest BCUT2D eigenvalue weighted by Gasteiger charge is 2.08. The van der Waals surface area contributed by atoms with Gasteiger partial charge in [0.05, 0.1) is 24.6 Å². The maximum Gasteiger partial charge on any atom is 0.229 e. The Bertz CT molecular complexity index is 1050. The van der Waals surface area contributed by atoms with Gasteiger partial charge in [-0.05, 0) is 31.3 Å². The van der Waals surface area contributed by atoms with E-state index in [2.05, 4.69) is 37.2 Å². The molecule has 8 nitrogen and oxygen atoms in total. The lowest BCUT2D eigenvalue weighted by molar-refractivity contribution is -0.114. The molecule has 0 unspecified atom stereocenters. The highest BCUT2D eigenvalue weighted by atomic mass is 35.5. The van der Waals surface area contributed by atoms with Crippen molar-refractivity contribution >= 4 is 34.8 Å². The first kappa shape index (κ1) is 22.5. The molecular formula is C22H26ClN7O. The third-order valence-corrected chi connectivity index (χ3v) is 4.74. The van der Waals surface area contributed by atoms with Crippen LogP contribution < -0.4 is 10.6 Å². The summed E-state index contributed by atoms with van der Waals surface area (Å²) in [6.07, 6.45) is 6.87. The van der Waals surface area contributed by atoms with Crippen molar-refractivity contribution in [2.24, 2.45) is 0 Å². The number of allylic oxidation sites excluding steroid dienone is 1. The van der Waals surface area contributed by atoms with Crippen LogP contribution in [-0.4, -0.2) is 51.1 Å². The van der Waals surface area contributed by atoms with E-state index in [1.807, 2.05) is 49.2 Å². The van der Waals surface area contributed by atoms with Crippen molar-refractivity contribution in [2.45, 2.75) is 19.5 Å². The van der Waals surface area contributed by atoms with Crippen molar-refractivity contribution in [3.8, 4) is 0 Å². The summed E-state index contributed by atoms with van der Waals surface area (Å²) < 4.78 is 1.86. The fourth-order valence-corrected chi connectivity index (χ4v) is 3.00. The van der Waals surface area contributed by atoms with Gasteiger partial charge in [0, 0.05) is 25.7 Å². The molecule has 9 heteroatoms. The first-order valence-electron chi connectivity index (χ1n) is 9.86. The Hall–Kier alpha value is -3.23. The number of anilines is 3. The summed E-state index contributed by atoms with van der Waals surface area (Å²) in [5.74, 6) is 0.931. The molecule has 0 atom stereocenters. The number of aromatic nitrogens is 4. The van der Waals surface area contributed by atoms with Gasteiger partial charge in [-0.1, -0.05) is 42.4 Å². The van der Waals surface area contributed by atoms with Crippen LogP contribution in [0.5, 0.6) is 0 Å². The lowest BCUT2D eigenvalue weighted by Crippen LogP contribution is -2.18. The smallest absolute Gasteiger partial charge is 0.229 e. The molecule has 3 aromatic rings. The van der Waals surface area contributed by atoms with Crippen molar-refractivity contribution in [3.63, 3.8) is 0 Å². The molecule has 0 spiro atoms. The third-order valence-electron chi connectivity index (χ3n) is 4.47. The van der Waals surface area contributed by atoms with E-state index >= 15 is 0 Å². The van der Waals surface area contributed by atoms with Crippen molar-refractivity contribution < 1.29 is 4.79 Å². The lowest BCUT2D eigenvalue weighted by atomic mass is 10.1. The van der Waals surface area contributed by atoms with Gasteiger partial charge in [0.25, 0.3) is 0 Å². The largest absolute Gasteiger partial charge is 0.365 e. The fraction of sp³-hybridized carbons (Fsp3) is 0.273. The second kappa shape index (κ2) is 10.7. The van der Waals surface area contributed by atoms with Gasteiger partial charge < -0.3 is 15.5 Å². The Balaban J connectivity index is 1.63. The minimum absolute atomic E-state index is 0.00953. The Morgan fingerprint density at radius 3 is 2.87 bits per heavy atom. The number of likely N-dealkylation sites (N-methyl/N-ethyl adjacent to an activating group) is 1. The molecular weight excluding hydrogens is 414 g/mol. The number of nitrogens with zero attached hydrogens (tertiary/aromatic N) is 5. The van der Waals surface area contributed by atoms with Crippen LogP contribution in [0.4, 0.5) is 17.5 Å². The first-order chi connectivity index (χ1) is 14.9. The minimum Gasteiger partial charge on any atom is -0.365 e. The molecule has 2 aromatic heterocycles. The molecule has 0 bridgehead atoms. The SMILES string of the molecule is C=CC(=O)Cc1cccc(CNc2nc(Nc3cnn(CCN(C)C)c3)ncc2Cl)c1. The van der Waals surface area contributed by atoms with E-state index in [1.54, 1.807) is 12.4 Å². The summed E-state index contributed by atoms with van der Waals surface area (Å²) in [6, 6.07) is 7.80. The molecule has 2 N–H and O–H groups in total. The second-order valence-electron chi connectivity index (χ2n) is 7.33. The maximum absolute atomic E-state index is 11.6. The predicted octanol–water partition coefficient (Wildman–Crippen LogP) is 3.54. The highest BCUT2D eigenvalue weighted by molar-refractivity contribution is 6.32. The van der Waals surface area contributed by atoms with Crippen LogP contribution in [0, 0.1) is 0 Å². The number of hydrogen-bond acceptors (Lipinski definition) is 7. The number of carbonyl (C=O) groups excluding carboxylic acids is 1. The predicted molar refractivity (Wildman–Crippen MR) is 124 cm³/mol. The van der Waals surface area contributed by atoms with Gasteiger partial charge in [0.2, 0.25) is 5.95 Å². The van der Waals surface area contributed by atoms with Crippen LogP contribution in [-0.2, 0) is 24.3 Å². The quantitative estimate of drug-likeness (QED) is 0.442. The highest BCUT2D eigenvalue weighted by Crippen LogP contribution is 2.22.